The summed E-state index contributed by atoms with van der Waals surface area (Å²) < 4.78 is 11.9. The SMILES string of the molecule is CC(=O)C(CCCF)CCC(C)C(=O)O. The number of carboxylic acids is 1. The van der Waals surface area contributed by atoms with Crippen molar-refractivity contribution >= 4 is 11.8 Å². The van der Waals surface area contributed by atoms with E-state index in [1.54, 1.807) is 6.92 Å². The number of carboxylic acid groups (broad SMARTS) is 1. The molecule has 0 aliphatic heterocycles. The lowest BCUT2D eigenvalue weighted by Crippen LogP contribution is -2.16. The molecule has 1 N–H and O–H groups in total. The fourth-order valence-electron chi connectivity index (χ4n) is 1.45. The van der Waals surface area contributed by atoms with Crippen LogP contribution in [0, 0.1) is 11.8 Å². The van der Waals surface area contributed by atoms with Crippen LogP contribution in [0.4, 0.5) is 4.39 Å². The van der Waals surface area contributed by atoms with Gasteiger partial charge in [-0.2, -0.15) is 0 Å². The Balaban J connectivity index is 3.95. The second-order valence-electron chi connectivity index (χ2n) is 3.96. The van der Waals surface area contributed by atoms with Crippen molar-refractivity contribution in [3.05, 3.63) is 0 Å². The molecule has 0 heterocycles. The summed E-state index contributed by atoms with van der Waals surface area (Å²) in [6.07, 6.45) is 1.93. The molecule has 0 aliphatic carbocycles. The van der Waals surface area contributed by atoms with Crippen LogP contribution in [-0.4, -0.2) is 23.5 Å². The molecule has 0 saturated carbocycles. The van der Waals surface area contributed by atoms with Gasteiger partial charge in [0.1, 0.15) is 5.78 Å². The zero-order chi connectivity index (χ0) is 11.8. The largest absolute Gasteiger partial charge is 0.481 e. The van der Waals surface area contributed by atoms with Crippen LogP contribution in [0.2, 0.25) is 0 Å². The van der Waals surface area contributed by atoms with Crippen LogP contribution in [0.15, 0.2) is 0 Å². The molecule has 3 nitrogen and oxygen atoms in total. The van der Waals surface area contributed by atoms with Crippen LogP contribution in [0.1, 0.15) is 39.5 Å². The van der Waals surface area contributed by atoms with Gasteiger partial charge < -0.3 is 5.11 Å². The van der Waals surface area contributed by atoms with Crippen LogP contribution in [0.25, 0.3) is 0 Å². The highest BCUT2D eigenvalue weighted by Gasteiger charge is 2.17. The summed E-state index contributed by atoms with van der Waals surface area (Å²) in [5.74, 6) is -1.43. The molecule has 15 heavy (non-hydrogen) atoms. The summed E-state index contributed by atoms with van der Waals surface area (Å²) in [6, 6.07) is 0. The lowest BCUT2D eigenvalue weighted by Gasteiger charge is -2.14. The van der Waals surface area contributed by atoms with Gasteiger partial charge in [-0.15, -0.1) is 0 Å². The van der Waals surface area contributed by atoms with Crippen LogP contribution >= 0.6 is 0 Å². The van der Waals surface area contributed by atoms with Crippen LogP contribution in [0.3, 0.4) is 0 Å². The molecule has 0 fully saturated rings. The Morgan fingerprint density at radius 2 is 1.87 bits per heavy atom. The van der Waals surface area contributed by atoms with Gasteiger partial charge >= 0.3 is 5.97 Å². The minimum atomic E-state index is -0.845. The molecule has 0 rings (SSSR count). The van der Waals surface area contributed by atoms with Crippen LogP contribution in [-0.2, 0) is 9.59 Å². The first-order valence-electron chi connectivity index (χ1n) is 5.28. The second-order valence-corrected chi connectivity index (χ2v) is 3.96. The van der Waals surface area contributed by atoms with Gasteiger partial charge in [-0.3, -0.25) is 14.0 Å². The average molecular weight is 218 g/mol. The Bertz CT molecular complexity index is 216. The number of carbonyl (C=O) groups excluding carboxylic acids is 1. The summed E-state index contributed by atoms with van der Waals surface area (Å²) in [7, 11) is 0. The number of carbonyl (C=O) groups is 2. The maximum absolute atomic E-state index is 11.9. The van der Waals surface area contributed by atoms with Crippen molar-refractivity contribution in [2.75, 3.05) is 6.67 Å². The molecule has 2 atom stereocenters. The van der Waals surface area contributed by atoms with Gasteiger partial charge in [0.25, 0.3) is 0 Å². The summed E-state index contributed by atoms with van der Waals surface area (Å²) >= 11 is 0. The molecule has 0 saturated heterocycles. The molecule has 0 aromatic carbocycles. The van der Waals surface area contributed by atoms with Gasteiger partial charge in [0, 0.05) is 5.92 Å². The Morgan fingerprint density at radius 1 is 1.27 bits per heavy atom. The van der Waals surface area contributed by atoms with E-state index < -0.39 is 18.6 Å². The highest BCUT2D eigenvalue weighted by atomic mass is 19.1. The molecular formula is C11H19FO3. The minimum Gasteiger partial charge on any atom is -0.481 e. The second kappa shape index (κ2) is 7.37. The quantitative estimate of drug-likeness (QED) is 0.680. The first-order chi connectivity index (χ1) is 6.99. The maximum Gasteiger partial charge on any atom is 0.306 e. The van der Waals surface area contributed by atoms with Crippen molar-refractivity contribution < 1.29 is 19.1 Å². The van der Waals surface area contributed by atoms with Crippen molar-refractivity contribution in [3.63, 3.8) is 0 Å². The molecule has 0 radical (unpaired) electrons. The predicted molar refractivity (Wildman–Crippen MR) is 55.4 cm³/mol. The van der Waals surface area contributed by atoms with E-state index in [1.807, 2.05) is 0 Å². The van der Waals surface area contributed by atoms with E-state index in [9.17, 15) is 14.0 Å². The molecule has 0 aromatic heterocycles. The maximum atomic E-state index is 11.9. The van der Waals surface area contributed by atoms with Crippen molar-refractivity contribution in [3.8, 4) is 0 Å². The smallest absolute Gasteiger partial charge is 0.306 e. The summed E-state index contributed by atoms with van der Waals surface area (Å²) in [5.41, 5.74) is 0. The monoisotopic (exact) mass is 218 g/mol. The highest BCUT2D eigenvalue weighted by molar-refractivity contribution is 5.78. The number of hydrogen-bond donors (Lipinski definition) is 1. The van der Waals surface area contributed by atoms with Crippen LogP contribution < -0.4 is 0 Å². The molecule has 0 aromatic rings. The van der Waals surface area contributed by atoms with E-state index in [-0.39, 0.29) is 11.7 Å². The van der Waals surface area contributed by atoms with Gasteiger partial charge in [0.15, 0.2) is 0 Å². The third kappa shape index (κ3) is 6.20. The molecule has 0 amide bonds. The summed E-state index contributed by atoms with van der Waals surface area (Å²) in [5, 5.41) is 8.66. The number of halogens is 1. The first-order valence-corrected chi connectivity index (χ1v) is 5.28. The van der Waals surface area contributed by atoms with Gasteiger partial charge in [-0.05, 0) is 32.6 Å². The standard InChI is InChI=1S/C11H19FO3/c1-8(11(14)15)5-6-10(9(2)13)4-3-7-12/h8,10H,3-7H2,1-2H3,(H,14,15). The molecule has 88 valence electrons. The normalized spacial score (nSPS) is 14.6. The number of hydrogen-bond acceptors (Lipinski definition) is 2. The molecule has 0 spiro atoms. The summed E-state index contributed by atoms with van der Waals surface area (Å²) in [6.45, 7) is 2.68. The average Bonchev–Trinajstić information content (AvgIpc) is 2.16. The zero-order valence-corrected chi connectivity index (χ0v) is 9.33. The number of Topliss-reactive ketones (excluding diaryl/α,β-unsaturated/α-hetero) is 1. The minimum absolute atomic E-state index is 0.0287. The van der Waals surface area contributed by atoms with E-state index in [0.29, 0.717) is 25.7 Å². The topological polar surface area (TPSA) is 54.4 Å². The van der Waals surface area contributed by atoms with Crippen LogP contribution in [0.5, 0.6) is 0 Å². The summed E-state index contributed by atoms with van der Waals surface area (Å²) in [4.78, 5) is 21.7. The molecule has 0 aliphatic rings. The molecule has 2 unspecified atom stereocenters. The van der Waals surface area contributed by atoms with E-state index >= 15 is 0 Å². The molecule has 0 bridgehead atoms. The van der Waals surface area contributed by atoms with Crippen molar-refractivity contribution in [2.45, 2.75) is 39.5 Å². The number of aliphatic carboxylic acids is 1. The lowest BCUT2D eigenvalue weighted by atomic mass is 9.91. The third-order valence-corrected chi connectivity index (χ3v) is 2.63. The highest BCUT2D eigenvalue weighted by Crippen LogP contribution is 2.18. The first kappa shape index (κ1) is 14.1. The van der Waals surface area contributed by atoms with E-state index in [4.69, 9.17) is 5.11 Å². The molecule has 4 heteroatoms. The number of alkyl halides is 1. The van der Waals surface area contributed by atoms with Gasteiger partial charge in [-0.25, -0.2) is 0 Å². The Morgan fingerprint density at radius 3 is 2.27 bits per heavy atom. The predicted octanol–water partition coefficient (Wildman–Crippen LogP) is 2.44. The van der Waals surface area contributed by atoms with Gasteiger partial charge in [-0.1, -0.05) is 6.92 Å². The zero-order valence-electron chi connectivity index (χ0n) is 9.33. The third-order valence-electron chi connectivity index (χ3n) is 2.63. The Labute approximate surface area is 89.7 Å². The Hall–Kier alpha value is -0.930. The van der Waals surface area contributed by atoms with Crippen molar-refractivity contribution in [1.29, 1.82) is 0 Å². The number of rotatable bonds is 8. The van der Waals surface area contributed by atoms with E-state index in [2.05, 4.69) is 0 Å². The van der Waals surface area contributed by atoms with Gasteiger partial charge in [0.2, 0.25) is 0 Å². The van der Waals surface area contributed by atoms with Crippen molar-refractivity contribution in [1.82, 2.24) is 0 Å². The fraction of sp³-hybridized carbons (Fsp3) is 0.818. The van der Waals surface area contributed by atoms with E-state index in [0.717, 1.165) is 0 Å². The van der Waals surface area contributed by atoms with Gasteiger partial charge in [0.05, 0.1) is 12.6 Å². The number of ketones is 1. The fourth-order valence-corrected chi connectivity index (χ4v) is 1.45. The Kier molecular flexibility index (Phi) is 6.92. The van der Waals surface area contributed by atoms with E-state index in [1.165, 1.54) is 6.92 Å². The lowest BCUT2D eigenvalue weighted by molar-refractivity contribution is -0.141. The van der Waals surface area contributed by atoms with Crippen molar-refractivity contribution in [2.24, 2.45) is 11.8 Å². The molecular weight excluding hydrogens is 199 g/mol.